The number of nitrogens with two attached hydrogens (primary N) is 1. The molecule has 0 radical (unpaired) electrons. The largest absolute Gasteiger partial charge is 0.396 e. The van der Waals surface area contributed by atoms with Gasteiger partial charge in [-0.25, -0.2) is 4.39 Å². The second-order valence-corrected chi connectivity index (χ2v) is 4.35. The van der Waals surface area contributed by atoms with E-state index in [1.807, 2.05) is 30.3 Å². The molecule has 0 atom stereocenters. The molecule has 19 heavy (non-hydrogen) atoms. The molecule has 1 amide bonds. The number of para-hydroxylation sites is 1. The highest BCUT2D eigenvalue weighted by Gasteiger charge is 2.16. The van der Waals surface area contributed by atoms with Crippen LogP contribution in [0.5, 0.6) is 0 Å². The van der Waals surface area contributed by atoms with Crippen LogP contribution in [0.2, 0.25) is 0 Å². The monoisotopic (exact) mass is 258 g/mol. The second kappa shape index (κ2) is 5.52. The van der Waals surface area contributed by atoms with Crippen molar-refractivity contribution in [1.82, 2.24) is 4.90 Å². The standard InChI is InChI=1S/C15H15FN2O/c1-18(10-11-6-3-2-4-7-11)15(19)12-8-5-9-13(16)14(12)17/h2-9H,10,17H2,1H3. The molecule has 2 N–H and O–H groups in total. The van der Waals surface area contributed by atoms with Gasteiger partial charge in [0, 0.05) is 13.6 Å². The number of carbonyl (C=O) groups is 1. The van der Waals surface area contributed by atoms with Crippen LogP contribution in [-0.2, 0) is 6.54 Å². The molecule has 0 aliphatic carbocycles. The summed E-state index contributed by atoms with van der Waals surface area (Å²) in [5, 5.41) is 0. The summed E-state index contributed by atoms with van der Waals surface area (Å²) in [6, 6.07) is 13.8. The van der Waals surface area contributed by atoms with E-state index in [2.05, 4.69) is 0 Å². The lowest BCUT2D eigenvalue weighted by Gasteiger charge is -2.18. The van der Waals surface area contributed by atoms with Gasteiger partial charge in [-0.3, -0.25) is 4.79 Å². The van der Waals surface area contributed by atoms with Crippen LogP contribution in [0.3, 0.4) is 0 Å². The molecule has 98 valence electrons. The average molecular weight is 258 g/mol. The number of rotatable bonds is 3. The van der Waals surface area contributed by atoms with Crippen molar-refractivity contribution in [3.05, 3.63) is 65.5 Å². The molecule has 2 aromatic rings. The van der Waals surface area contributed by atoms with Gasteiger partial charge >= 0.3 is 0 Å². The summed E-state index contributed by atoms with van der Waals surface area (Å²) >= 11 is 0. The fourth-order valence-electron chi connectivity index (χ4n) is 1.86. The lowest BCUT2D eigenvalue weighted by Crippen LogP contribution is -2.27. The van der Waals surface area contributed by atoms with Gasteiger partial charge in [0.05, 0.1) is 11.3 Å². The van der Waals surface area contributed by atoms with E-state index in [1.54, 1.807) is 7.05 Å². The predicted molar refractivity (Wildman–Crippen MR) is 73.1 cm³/mol. The number of halogens is 1. The Kier molecular flexibility index (Phi) is 3.80. The summed E-state index contributed by atoms with van der Waals surface area (Å²) in [7, 11) is 1.67. The summed E-state index contributed by atoms with van der Waals surface area (Å²) in [5.74, 6) is -0.861. The SMILES string of the molecule is CN(Cc1ccccc1)C(=O)c1cccc(F)c1N. The Balaban J connectivity index is 2.18. The van der Waals surface area contributed by atoms with Gasteiger partial charge < -0.3 is 10.6 Å². The third-order valence-corrected chi connectivity index (χ3v) is 2.89. The first-order valence-corrected chi connectivity index (χ1v) is 5.93. The molecule has 0 saturated heterocycles. The highest BCUT2D eigenvalue weighted by Crippen LogP contribution is 2.18. The lowest BCUT2D eigenvalue weighted by atomic mass is 10.1. The van der Waals surface area contributed by atoms with Gasteiger partial charge in [0.1, 0.15) is 5.82 Å². The Morgan fingerprint density at radius 2 is 1.84 bits per heavy atom. The van der Waals surface area contributed by atoms with E-state index in [0.29, 0.717) is 6.54 Å². The van der Waals surface area contributed by atoms with Crippen LogP contribution < -0.4 is 5.73 Å². The molecule has 0 bridgehead atoms. The van der Waals surface area contributed by atoms with Crippen LogP contribution in [-0.4, -0.2) is 17.9 Å². The molecule has 2 aromatic carbocycles. The Morgan fingerprint density at radius 3 is 2.53 bits per heavy atom. The minimum Gasteiger partial charge on any atom is -0.396 e. The molecule has 0 aliphatic heterocycles. The molecular formula is C15H15FN2O. The number of nitrogens with zero attached hydrogens (tertiary/aromatic N) is 1. The first-order chi connectivity index (χ1) is 9.09. The second-order valence-electron chi connectivity index (χ2n) is 4.35. The predicted octanol–water partition coefficient (Wildman–Crippen LogP) is 2.68. The third-order valence-electron chi connectivity index (χ3n) is 2.89. The molecule has 0 saturated carbocycles. The first-order valence-electron chi connectivity index (χ1n) is 5.93. The van der Waals surface area contributed by atoms with E-state index in [0.717, 1.165) is 5.56 Å². The Bertz CT molecular complexity index is 584. The van der Waals surface area contributed by atoms with Crippen molar-refractivity contribution in [2.75, 3.05) is 12.8 Å². The fourth-order valence-corrected chi connectivity index (χ4v) is 1.86. The zero-order chi connectivity index (χ0) is 13.8. The molecular weight excluding hydrogens is 243 g/mol. The average Bonchev–Trinajstić information content (AvgIpc) is 2.42. The zero-order valence-electron chi connectivity index (χ0n) is 10.6. The number of hydrogen-bond acceptors (Lipinski definition) is 2. The maximum Gasteiger partial charge on any atom is 0.256 e. The maximum atomic E-state index is 13.3. The van der Waals surface area contributed by atoms with Crippen LogP contribution in [0.1, 0.15) is 15.9 Å². The van der Waals surface area contributed by atoms with E-state index < -0.39 is 5.82 Å². The molecule has 0 fully saturated rings. The molecule has 0 heterocycles. The van der Waals surface area contributed by atoms with Crippen molar-refractivity contribution in [3.63, 3.8) is 0 Å². The van der Waals surface area contributed by atoms with Gasteiger partial charge in [0.2, 0.25) is 0 Å². The lowest BCUT2D eigenvalue weighted by molar-refractivity contribution is 0.0785. The van der Waals surface area contributed by atoms with Crippen LogP contribution in [0.4, 0.5) is 10.1 Å². The quantitative estimate of drug-likeness (QED) is 0.860. The van der Waals surface area contributed by atoms with Crippen molar-refractivity contribution in [3.8, 4) is 0 Å². The van der Waals surface area contributed by atoms with Gasteiger partial charge in [0.25, 0.3) is 5.91 Å². The molecule has 0 spiro atoms. The number of nitrogen functional groups attached to an aromatic ring is 1. The maximum absolute atomic E-state index is 13.3. The topological polar surface area (TPSA) is 46.3 Å². The fraction of sp³-hybridized carbons (Fsp3) is 0.133. The van der Waals surface area contributed by atoms with Crippen molar-refractivity contribution < 1.29 is 9.18 Å². The van der Waals surface area contributed by atoms with E-state index >= 15 is 0 Å². The highest BCUT2D eigenvalue weighted by molar-refractivity contribution is 5.99. The number of anilines is 1. The molecule has 0 aliphatic rings. The van der Waals surface area contributed by atoms with Crippen LogP contribution in [0, 0.1) is 5.82 Å². The van der Waals surface area contributed by atoms with Gasteiger partial charge in [-0.1, -0.05) is 36.4 Å². The van der Waals surface area contributed by atoms with Crippen LogP contribution in [0.15, 0.2) is 48.5 Å². The third kappa shape index (κ3) is 2.91. The minimum atomic E-state index is -0.570. The van der Waals surface area contributed by atoms with Gasteiger partial charge in [-0.2, -0.15) is 0 Å². The van der Waals surface area contributed by atoms with E-state index in [1.165, 1.54) is 23.1 Å². The Labute approximate surface area is 111 Å². The number of amides is 1. The molecule has 4 heteroatoms. The van der Waals surface area contributed by atoms with E-state index in [9.17, 15) is 9.18 Å². The number of carbonyl (C=O) groups excluding carboxylic acids is 1. The smallest absolute Gasteiger partial charge is 0.256 e. The van der Waals surface area contributed by atoms with Crippen molar-refractivity contribution in [1.29, 1.82) is 0 Å². The number of benzene rings is 2. The number of hydrogen-bond donors (Lipinski definition) is 1. The molecule has 0 aromatic heterocycles. The molecule has 0 unspecified atom stereocenters. The normalized spacial score (nSPS) is 10.2. The van der Waals surface area contributed by atoms with Crippen molar-refractivity contribution in [2.24, 2.45) is 0 Å². The van der Waals surface area contributed by atoms with Gasteiger partial charge in [-0.15, -0.1) is 0 Å². The van der Waals surface area contributed by atoms with Gasteiger partial charge in [-0.05, 0) is 17.7 Å². The summed E-state index contributed by atoms with van der Waals surface area (Å²) in [4.78, 5) is 13.7. The van der Waals surface area contributed by atoms with Crippen molar-refractivity contribution >= 4 is 11.6 Å². The van der Waals surface area contributed by atoms with Crippen molar-refractivity contribution in [2.45, 2.75) is 6.54 Å². The zero-order valence-corrected chi connectivity index (χ0v) is 10.6. The summed E-state index contributed by atoms with van der Waals surface area (Å²) < 4.78 is 13.3. The van der Waals surface area contributed by atoms with Gasteiger partial charge in [0.15, 0.2) is 0 Å². The van der Waals surface area contributed by atoms with E-state index in [-0.39, 0.29) is 17.2 Å². The Hall–Kier alpha value is -2.36. The van der Waals surface area contributed by atoms with Crippen LogP contribution >= 0.6 is 0 Å². The minimum absolute atomic E-state index is 0.104. The molecule has 2 rings (SSSR count). The van der Waals surface area contributed by atoms with E-state index in [4.69, 9.17) is 5.73 Å². The molecule has 3 nitrogen and oxygen atoms in total. The first kappa shape index (κ1) is 13.1. The summed E-state index contributed by atoms with van der Waals surface area (Å²) in [6.45, 7) is 0.454. The summed E-state index contributed by atoms with van der Waals surface area (Å²) in [5.41, 5.74) is 6.69. The van der Waals surface area contributed by atoms with Crippen LogP contribution in [0.25, 0.3) is 0 Å². The summed E-state index contributed by atoms with van der Waals surface area (Å²) in [6.07, 6.45) is 0. The Morgan fingerprint density at radius 1 is 1.16 bits per heavy atom. The highest BCUT2D eigenvalue weighted by atomic mass is 19.1.